The molecule has 0 amide bonds. The van der Waals surface area contributed by atoms with E-state index < -0.39 is 5.97 Å². The molecule has 2 aromatic rings. The molecule has 0 radical (unpaired) electrons. The average molecular weight is 285 g/mol. The lowest BCUT2D eigenvalue weighted by atomic mass is 10.1. The SMILES string of the molecule is Cc1cc(C)cc(COc2ccc(NCC(=O)O)cc2)c1. The molecule has 0 bridgehead atoms. The Kier molecular flexibility index (Phi) is 4.82. The van der Waals surface area contributed by atoms with E-state index in [2.05, 4.69) is 37.4 Å². The van der Waals surface area contributed by atoms with Crippen molar-refractivity contribution in [3.8, 4) is 5.75 Å². The van der Waals surface area contributed by atoms with Gasteiger partial charge in [0.05, 0.1) is 0 Å². The molecule has 4 nitrogen and oxygen atoms in total. The third kappa shape index (κ3) is 4.84. The van der Waals surface area contributed by atoms with Crippen molar-refractivity contribution in [3.63, 3.8) is 0 Å². The van der Waals surface area contributed by atoms with Crippen molar-refractivity contribution >= 4 is 11.7 Å². The number of rotatable bonds is 6. The topological polar surface area (TPSA) is 58.6 Å². The van der Waals surface area contributed by atoms with E-state index in [1.54, 1.807) is 12.1 Å². The Morgan fingerprint density at radius 1 is 1.10 bits per heavy atom. The number of hydrogen-bond acceptors (Lipinski definition) is 3. The Bertz CT molecular complexity index is 600. The number of ether oxygens (including phenoxy) is 1. The van der Waals surface area contributed by atoms with E-state index in [0.717, 1.165) is 17.0 Å². The van der Waals surface area contributed by atoms with E-state index in [4.69, 9.17) is 9.84 Å². The van der Waals surface area contributed by atoms with Crippen LogP contribution in [0.15, 0.2) is 42.5 Å². The zero-order valence-electron chi connectivity index (χ0n) is 12.2. The summed E-state index contributed by atoms with van der Waals surface area (Å²) in [5.41, 5.74) is 4.35. The monoisotopic (exact) mass is 285 g/mol. The maximum absolute atomic E-state index is 10.5. The molecule has 2 aromatic carbocycles. The largest absolute Gasteiger partial charge is 0.489 e. The van der Waals surface area contributed by atoms with Crippen LogP contribution < -0.4 is 10.1 Å². The lowest BCUT2D eigenvalue weighted by Crippen LogP contribution is -2.12. The van der Waals surface area contributed by atoms with E-state index in [0.29, 0.717) is 6.61 Å². The summed E-state index contributed by atoms with van der Waals surface area (Å²) in [6.07, 6.45) is 0. The second-order valence-electron chi connectivity index (χ2n) is 5.06. The lowest BCUT2D eigenvalue weighted by molar-refractivity contribution is -0.134. The normalized spacial score (nSPS) is 10.2. The summed E-state index contributed by atoms with van der Waals surface area (Å²) in [5, 5.41) is 11.4. The molecule has 0 aliphatic heterocycles. The van der Waals surface area contributed by atoms with Gasteiger partial charge >= 0.3 is 5.97 Å². The maximum Gasteiger partial charge on any atom is 0.322 e. The smallest absolute Gasteiger partial charge is 0.322 e. The van der Waals surface area contributed by atoms with Crippen LogP contribution in [0.5, 0.6) is 5.75 Å². The van der Waals surface area contributed by atoms with E-state index in [-0.39, 0.29) is 6.54 Å². The van der Waals surface area contributed by atoms with Gasteiger partial charge in [0.15, 0.2) is 0 Å². The Balaban J connectivity index is 1.92. The molecule has 0 unspecified atom stereocenters. The zero-order valence-corrected chi connectivity index (χ0v) is 12.2. The molecule has 0 saturated carbocycles. The summed E-state index contributed by atoms with van der Waals surface area (Å²) >= 11 is 0. The molecule has 2 rings (SSSR count). The van der Waals surface area contributed by atoms with Crippen molar-refractivity contribution in [2.24, 2.45) is 0 Å². The van der Waals surface area contributed by atoms with Crippen LogP contribution in [0, 0.1) is 13.8 Å². The molecule has 110 valence electrons. The second-order valence-corrected chi connectivity index (χ2v) is 5.06. The molecule has 2 N–H and O–H groups in total. The van der Waals surface area contributed by atoms with Gasteiger partial charge in [0, 0.05) is 5.69 Å². The number of anilines is 1. The average Bonchev–Trinajstić information content (AvgIpc) is 2.43. The minimum Gasteiger partial charge on any atom is -0.489 e. The van der Waals surface area contributed by atoms with Crippen LogP contribution in [-0.4, -0.2) is 17.6 Å². The van der Waals surface area contributed by atoms with E-state index >= 15 is 0 Å². The van der Waals surface area contributed by atoms with Crippen LogP contribution in [0.3, 0.4) is 0 Å². The molecule has 0 atom stereocenters. The highest BCUT2D eigenvalue weighted by molar-refractivity contribution is 5.72. The van der Waals surface area contributed by atoms with Crippen molar-refractivity contribution in [2.75, 3.05) is 11.9 Å². The summed E-state index contributed by atoms with van der Waals surface area (Å²) in [7, 11) is 0. The number of nitrogens with one attached hydrogen (secondary N) is 1. The molecule has 4 heteroatoms. The molecule has 0 aliphatic carbocycles. The lowest BCUT2D eigenvalue weighted by Gasteiger charge is -2.09. The number of aryl methyl sites for hydroxylation is 2. The van der Waals surface area contributed by atoms with Crippen LogP contribution in [-0.2, 0) is 11.4 Å². The first-order valence-corrected chi connectivity index (χ1v) is 6.78. The minimum atomic E-state index is -0.884. The van der Waals surface area contributed by atoms with Gasteiger partial charge < -0.3 is 15.2 Å². The van der Waals surface area contributed by atoms with Crippen LogP contribution in [0.4, 0.5) is 5.69 Å². The zero-order chi connectivity index (χ0) is 15.2. The van der Waals surface area contributed by atoms with E-state index in [9.17, 15) is 4.79 Å². The third-order valence-electron chi connectivity index (χ3n) is 2.99. The van der Waals surface area contributed by atoms with Gasteiger partial charge in [0.25, 0.3) is 0 Å². The molecule has 0 spiro atoms. The van der Waals surface area contributed by atoms with Crippen molar-refractivity contribution < 1.29 is 14.6 Å². The third-order valence-corrected chi connectivity index (χ3v) is 2.99. The molecule has 0 heterocycles. The predicted octanol–water partition coefficient (Wildman–Crippen LogP) is 3.38. The van der Waals surface area contributed by atoms with Crippen molar-refractivity contribution in [1.82, 2.24) is 0 Å². The molecule has 0 aliphatic rings. The number of benzene rings is 2. The molecule has 0 fully saturated rings. The van der Waals surface area contributed by atoms with Crippen LogP contribution in [0.25, 0.3) is 0 Å². The number of carbonyl (C=O) groups is 1. The first-order chi connectivity index (χ1) is 10.0. The highest BCUT2D eigenvalue weighted by Crippen LogP contribution is 2.17. The standard InChI is InChI=1S/C17H19NO3/c1-12-7-13(2)9-14(8-12)11-21-16-5-3-15(4-6-16)18-10-17(19)20/h3-9,18H,10-11H2,1-2H3,(H,19,20). The Hall–Kier alpha value is -2.49. The number of carboxylic acid groups (broad SMARTS) is 1. The van der Waals surface area contributed by atoms with Gasteiger partial charge in [-0.1, -0.05) is 29.3 Å². The van der Waals surface area contributed by atoms with Gasteiger partial charge in [-0.2, -0.15) is 0 Å². The van der Waals surface area contributed by atoms with Gasteiger partial charge in [-0.15, -0.1) is 0 Å². The van der Waals surface area contributed by atoms with Crippen LogP contribution in [0.1, 0.15) is 16.7 Å². The summed E-state index contributed by atoms with van der Waals surface area (Å²) in [6.45, 7) is 4.56. The van der Waals surface area contributed by atoms with Gasteiger partial charge in [-0.05, 0) is 43.7 Å². The Morgan fingerprint density at radius 3 is 2.29 bits per heavy atom. The number of hydrogen-bond donors (Lipinski definition) is 2. The fourth-order valence-corrected chi connectivity index (χ4v) is 2.17. The van der Waals surface area contributed by atoms with E-state index in [1.165, 1.54) is 11.1 Å². The predicted molar refractivity (Wildman–Crippen MR) is 82.8 cm³/mol. The number of carboxylic acids is 1. The Morgan fingerprint density at radius 2 is 1.71 bits per heavy atom. The van der Waals surface area contributed by atoms with Gasteiger partial charge in [-0.25, -0.2) is 0 Å². The first kappa shape index (κ1) is 14.9. The Labute approximate surface area is 124 Å². The molecule has 0 saturated heterocycles. The van der Waals surface area contributed by atoms with Crippen molar-refractivity contribution in [3.05, 3.63) is 59.2 Å². The summed E-state index contributed by atoms with van der Waals surface area (Å²) in [5.74, 6) is -0.125. The fraction of sp³-hybridized carbons (Fsp3) is 0.235. The van der Waals surface area contributed by atoms with Gasteiger partial charge in [-0.3, -0.25) is 4.79 Å². The highest BCUT2D eigenvalue weighted by Gasteiger charge is 2.00. The molecular weight excluding hydrogens is 266 g/mol. The summed E-state index contributed by atoms with van der Waals surface area (Å²) in [6, 6.07) is 13.6. The molecule has 0 aromatic heterocycles. The van der Waals surface area contributed by atoms with Crippen LogP contribution in [0.2, 0.25) is 0 Å². The molecular formula is C17H19NO3. The summed E-state index contributed by atoms with van der Waals surface area (Å²) in [4.78, 5) is 10.5. The molecule has 21 heavy (non-hydrogen) atoms. The van der Waals surface area contributed by atoms with Crippen molar-refractivity contribution in [2.45, 2.75) is 20.5 Å². The van der Waals surface area contributed by atoms with Crippen molar-refractivity contribution in [1.29, 1.82) is 0 Å². The highest BCUT2D eigenvalue weighted by atomic mass is 16.5. The summed E-state index contributed by atoms with van der Waals surface area (Å²) < 4.78 is 5.74. The van der Waals surface area contributed by atoms with Crippen LogP contribution >= 0.6 is 0 Å². The van der Waals surface area contributed by atoms with Gasteiger partial charge in [0.2, 0.25) is 0 Å². The first-order valence-electron chi connectivity index (χ1n) is 6.78. The quantitative estimate of drug-likeness (QED) is 0.854. The second kappa shape index (κ2) is 6.79. The minimum absolute atomic E-state index is 0.0945. The fourth-order valence-electron chi connectivity index (χ4n) is 2.17. The van der Waals surface area contributed by atoms with Gasteiger partial charge in [0.1, 0.15) is 18.9 Å². The van der Waals surface area contributed by atoms with E-state index in [1.807, 2.05) is 12.1 Å². The maximum atomic E-state index is 10.5. The number of aliphatic carboxylic acids is 1.